The summed E-state index contributed by atoms with van der Waals surface area (Å²) >= 11 is 2.19. The van der Waals surface area contributed by atoms with Crippen LogP contribution in [-0.4, -0.2) is 5.91 Å². The Bertz CT molecular complexity index is 637. The summed E-state index contributed by atoms with van der Waals surface area (Å²) in [6.45, 7) is 6.16. The minimum absolute atomic E-state index is 0.00148. The van der Waals surface area contributed by atoms with Crippen LogP contribution in [0.25, 0.3) is 0 Å². The third kappa shape index (κ3) is 3.39. The highest BCUT2D eigenvalue weighted by atomic mass is 127. The molecule has 0 aliphatic heterocycles. The Morgan fingerprint density at radius 2 is 1.85 bits per heavy atom. The second kappa shape index (κ2) is 6.39. The van der Waals surface area contributed by atoms with Crippen molar-refractivity contribution in [3.63, 3.8) is 0 Å². The highest BCUT2D eigenvalue weighted by Gasteiger charge is 2.14. The first kappa shape index (κ1) is 15.0. The molecular weight excluding hydrogens is 361 g/mol. The Morgan fingerprint density at radius 3 is 2.55 bits per heavy atom. The highest BCUT2D eigenvalue weighted by Crippen LogP contribution is 2.20. The Labute approximate surface area is 133 Å². The predicted octanol–water partition coefficient (Wildman–Crippen LogP) is 4.40. The summed E-state index contributed by atoms with van der Waals surface area (Å²) in [5, 5.41) is 3.08. The quantitative estimate of drug-likeness (QED) is 0.787. The zero-order chi connectivity index (χ0) is 14.7. The largest absolute Gasteiger partial charge is 0.345 e. The molecule has 1 N–H and O–H groups in total. The van der Waals surface area contributed by atoms with Crippen LogP contribution >= 0.6 is 22.6 Å². The summed E-state index contributed by atoms with van der Waals surface area (Å²) in [6.07, 6.45) is 0. The second-order valence-corrected chi connectivity index (χ2v) is 6.20. The van der Waals surface area contributed by atoms with E-state index in [0.29, 0.717) is 0 Å². The van der Waals surface area contributed by atoms with Crippen molar-refractivity contribution < 1.29 is 4.79 Å². The average molecular weight is 379 g/mol. The molecule has 0 aliphatic carbocycles. The van der Waals surface area contributed by atoms with Crippen molar-refractivity contribution in [3.8, 4) is 0 Å². The van der Waals surface area contributed by atoms with E-state index in [1.165, 1.54) is 16.7 Å². The summed E-state index contributed by atoms with van der Waals surface area (Å²) in [5.41, 5.74) is 4.31. The van der Waals surface area contributed by atoms with E-state index in [1.54, 1.807) is 0 Å². The SMILES string of the molecule is Cc1ccc(C)c(C(C)NC(=O)c2ccccc2I)c1. The number of hydrogen-bond donors (Lipinski definition) is 1. The molecule has 1 atom stereocenters. The molecule has 2 rings (SSSR count). The van der Waals surface area contributed by atoms with Gasteiger partial charge in [0.15, 0.2) is 0 Å². The van der Waals surface area contributed by atoms with Crippen LogP contribution in [0, 0.1) is 17.4 Å². The molecule has 0 aromatic heterocycles. The van der Waals surface area contributed by atoms with Crippen LogP contribution in [0.15, 0.2) is 42.5 Å². The maximum Gasteiger partial charge on any atom is 0.252 e. The fraction of sp³-hybridized carbons (Fsp3) is 0.235. The third-order valence-electron chi connectivity index (χ3n) is 3.37. The van der Waals surface area contributed by atoms with Crippen LogP contribution in [0.2, 0.25) is 0 Å². The molecule has 0 aliphatic rings. The van der Waals surface area contributed by atoms with E-state index in [1.807, 2.05) is 31.2 Å². The molecule has 104 valence electrons. The summed E-state index contributed by atoms with van der Waals surface area (Å²) in [6, 6.07) is 13.9. The molecule has 1 amide bonds. The summed E-state index contributed by atoms with van der Waals surface area (Å²) in [5.74, 6) is -0.0246. The smallest absolute Gasteiger partial charge is 0.252 e. The van der Waals surface area contributed by atoms with Gasteiger partial charge in [0, 0.05) is 3.57 Å². The maximum absolute atomic E-state index is 12.3. The number of amides is 1. The monoisotopic (exact) mass is 379 g/mol. The van der Waals surface area contributed by atoms with Crippen LogP contribution in [0.4, 0.5) is 0 Å². The highest BCUT2D eigenvalue weighted by molar-refractivity contribution is 14.1. The zero-order valence-electron chi connectivity index (χ0n) is 11.9. The van der Waals surface area contributed by atoms with Crippen LogP contribution in [0.3, 0.4) is 0 Å². The molecule has 0 spiro atoms. The van der Waals surface area contributed by atoms with Gasteiger partial charge in [-0.2, -0.15) is 0 Å². The molecule has 0 heterocycles. The molecule has 2 aromatic rings. The molecule has 0 bridgehead atoms. The Hall–Kier alpha value is -1.36. The summed E-state index contributed by atoms with van der Waals surface area (Å²) in [7, 11) is 0. The first-order valence-electron chi connectivity index (χ1n) is 6.61. The van der Waals surface area contributed by atoms with Gasteiger partial charge in [0.25, 0.3) is 5.91 Å². The predicted molar refractivity (Wildman–Crippen MR) is 91.0 cm³/mol. The standard InChI is InChI=1S/C17H18INO/c1-11-8-9-12(2)15(10-11)13(3)19-17(20)14-6-4-5-7-16(14)18/h4-10,13H,1-3H3,(H,19,20). The lowest BCUT2D eigenvalue weighted by molar-refractivity contribution is 0.0939. The molecule has 0 radical (unpaired) electrons. The first-order valence-corrected chi connectivity index (χ1v) is 7.69. The van der Waals surface area contributed by atoms with E-state index in [0.717, 1.165) is 9.13 Å². The fourth-order valence-electron chi connectivity index (χ4n) is 2.22. The van der Waals surface area contributed by atoms with Gasteiger partial charge >= 0.3 is 0 Å². The van der Waals surface area contributed by atoms with Gasteiger partial charge in [-0.15, -0.1) is 0 Å². The molecule has 2 nitrogen and oxygen atoms in total. The van der Waals surface area contributed by atoms with Crippen molar-refractivity contribution in [1.29, 1.82) is 0 Å². The normalized spacial score (nSPS) is 12.0. The lowest BCUT2D eigenvalue weighted by Crippen LogP contribution is -2.27. The van der Waals surface area contributed by atoms with Gasteiger partial charge in [-0.05, 0) is 66.6 Å². The van der Waals surface area contributed by atoms with Gasteiger partial charge in [-0.25, -0.2) is 0 Å². The van der Waals surface area contributed by atoms with E-state index >= 15 is 0 Å². The van der Waals surface area contributed by atoms with Gasteiger partial charge < -0.3 is 5.32 Å². The van der Waals surface area contributed by atoms with Crippen molar-refractivity contribution in [3.05, 3.63) is 68.3 Å². The third-order valence-corrected chi connectivity index (χ3v) is 4.31. The fourth-order valence-corrected chi connectivity index (χ4v) is 2.86. The zero-order valence-corrected chi connectivity index (χ0v) is 14.1. The topological polar surface area (TPSA) is 29.1 Å². The van der Waals surface area contributed by atoms with Gasteiger partial charge in [0.05, 0.1) is 11.6 Å². The van der Waals surface area contributed by atoms with Crippen LogP contribution < -0.4 is 5.32 Å². The number of rotatable bonds is 3. The maximum atomic E-state index is 12.3. The minimum atomic E-state index is -0.0246. The van der Waals surface area contributed by atoms with Gasteiger partial charge in [-0.3, -0.25) is 4.79 Å². The van der Waals surface area contributed by atoms with E-state index < -0.39 is 0 Å². The second-order valence-electron chi connectivity index (χ2n) is 5.04. The number of nitrogens with one attached hydrogen (secondary N) is 1. The molecule has 0 fully saturated rings. The van der Waals surface area contributed by atoms with Crippen molar-refractivity contribution >= 4 is 28.5 Å². The molecule has 20 heavy (non-hydrogen) atoms. The average Bonchev–Trinajstić information content (AvgIpc) is 2.41. The summed E-state index contributed by atoms with van der Waals surface area (Å²) < 4.78 is 0.968. The number of halogens is 1. The number of carbonyl (C=O) groups excluding carboxylic acids is 1. The van der Waals surface area contributed by atoms with Crippen molar-refractivity contribution in [1.82, 2.24) is 5.32 Å². The minimum Gasteiger partial charge on any atom is -0.345 e. The number of carbonyl (C=O) groups is 1. The Balaban J connectivity index is 2.19. The molecule has 0 saturated heterocycles. The first-order chi connectivity index (χ1) is 9.49. The van der Waals surface area contributed by atoms with Gasteiger partial charge in [0.1, 0.15) is 0 Å². The summed E-state index contributed by atoms with van der Waals surface area (Å²) in [4.78, 5) is 12.3. The number of aryl methyl sites for hydroxylation is 2. The van der Waals surface area contributed by atoms with E-state index in [4.69, 9.17) is 0 Å². The number of benzene rings is 2. The van der Waals surface area contributed by atoms with Crippen LogP contribution in [0.5, 0.6) is 0 Å². The van der Waals surface area contributed by atoms with Gasteiger partial charge in [-0.1, -0.05) is 35.9 Å². The lowest BCUT2D eigenvalue weighted by atomic mass is 10.00. The van der Waals surface area contributed by atoms with E-state index in [-0.39, 0.29) is 11.9 Å². The Morgan fingerprint density at radius 1 is 1.15 bits per heavy atom. The van der Waals surface area contributed by atoms with Crippen molar-refractivity contribution in [2.24, 2.45) is 0 Å². The molecule has 0 saturated carbocycles. The van der Waals surface area contributed by atoms with Crippen molar-refractivity contribution in [2.45, 2.75) is 26.8 Å². The lowest BCUT2D eigenvalue weighted by Gasteiger charge is -2.18. The molecule has 2 aromatic carbocycles. The Kier molecular flexibility index (Phi) is 4.81. The van der Waals surface area contributed by atoms with Crippen molar-refractivity contribution in [2.75, 3.05) is 0 Å². The van der Waals surface area contributed by atoms with E-state index in [9.17, 15) is 4.79 Å². The molecule has 1 unspecified atom stereocenters. The number of hydrogen-bond acceptors (Lipinski definition) is 1. The van der Waals surface area contributed by atoms with Crippen LogP contribution in [-0.2, 0) is 0 Å². The van der Waals surface area contributed by atoms with E-state index in [2.05, 4.69) is 60.0 Å². The molecule has 3 heteroatoms. The van der Waals surface area contributed by atoms with Gasteiger partial charge in [0.2, 0.25) is 0 Å². The molecular formula is C17H18INO. The van der Waals surface area contributed by atoms with Crippen LogP contribution in [0.1, 0.15) is 40.0 Å².